The highest BCUT2D eigenvalue weighted by atomic mass is 19.4. The molecule has 0 aromatic carbocycles. The maximum Gasteiger partial charge on any atom is 0.417 e. The van der Waals surface area contributed by atoms with Crippen molar-refractivity contribution in [2.45, 2.75) is 63.6 Å². The van der Waals surface area contributed by atoms with Crippen LogP contribution in [0.4, 0.5) is 13.2 Å². The van der Waals surface area contributed by atoms with E-state index in [0.717, 1.165) is 44.0 Å². The van der Waals surface area contributed by atoms with Crippen molar-refractivity contribution in [3.05, 3.63) is 17.0 Å². The average molecular weight is 359 g/mol. The Morgan fingerprint density at radius 3 is 2.84 bits per heavy atom. The van der Waals surface area contributed by atoms with Gasteiger partial charge in [-0.1, -0.05) is 0 Å². The smallest absolute Gasteiger partial charge is 0.364 e. The third-order valence-corrected chi connectivity index (χ3v) is 5.31. The van der Waals surface area contributed by atoms with Gasteiger partial charge in [-0.15, -0.1) is 0 Å². The van der Waals surface area contributed by atoms with Crippen LogP contribution in [-0.2, 0) is 28.8 Å². The number of H-pyrrole nitrogens is 1. The second-order valence-electron chi connectivity index (χ2n) is 7.04. The minimum Gasteiger partial charge on any atom is -0.364 e. The number of aryl methyl sites for hydroxylation is 2. The van der Waals surface area contributed by atoms with Crippen molar-refractivity contribution in [2.24, 2.45) is 0 Å². The minimum absolute atomic E-state index is 0.0630. The SMILES string of the molecule is CC1(C(F)(F)F)CCN(C(=O)CCc2n[nH]c3c2CCCC3)CCO1. The van der Waals surface area contributed by atoms with Gasteiger partial charge in [-0.05, 0) is 38.2 Å². The number of amides is 1. The Hall–Kier alpha value is -1.57. The lowest BCUT2D eigenvalue weighted by molar-refractivity contribution is -0.269. The normalized spacial score (nSPS) is 24.7. The van der Waals surface area contributed by atoms with Crippen molar-refractivity contribution >= 4 is 5.91 Å². The first-order valence-electron chi connectivity index (χ1n) is 8.83. The Bertz CT molecular complexity index is 629. The van der Waals surface area contributed by atoms with Gasteiger partial charge in [0.2, 0.25) is 5.91 Å². The first-order chi connectivity index (χ1) is 11.8. The Balaban J connectivity index is 1.56. The van der Waals surface area contributed by atoms with Gasteiger partial charge in [-0.25, -0.2) is 0 Å². The average Bonchev–Trinajstić information content (AvgIpc) is 2.86. The number of nitrogens with one attached hydrogen (secondary N) is 1. The lowest BCUT2D eigenvalue weighted by Crippen LogP contribution is -2.45. The topological polar surface area (TPSA) is 58.2 Å². The molecule has 25 heavy (non-hydrogen) atoms. The number of hydrogen-bond donors (Lipinski definition) is 1. The summed E-state index contributed by atoms with van der Waals surface area (Å²) < 4.78 is 44.3. The molecule has 0 spiro atoms. The second-order valence-corrected chi connectivity index (χ2v) is 7.04. The van der Waals surface area contributed by atoms with Crippen LogP contribution in [0.3, 0.4) is 0 Å². The second kappa shape index (κ2) is 6.97. The zero-order valence-corrected chi connectivity index (χ0v) is 14.4. The van der Waals surface area contributed by atoms with Gasteiger partial charge in [0, 0.05) is 38.0 Å². The molecule has 140 valence electrons. The Morgan fingerprint density at radius 1 is 1.32 bits per heavy atom. The number of fused-ring (bicyclic) bond motifs is 1. The molecule has 8 heteroatoms. The summed E-state index contributed by atoms with van der Waals surface area (Å²) in [7, 11) is 0. The van der Waals surface area contributed by atoms with Crippen LogP contribution in [0.15, 0.2) is 0 Å². The number of halogens is 3. The molecule has 5 nitrogen and oxygen atoms in total. The van der Waals surface area contributed by atoms with Crippen LogP contribution in [0.5, 0.6) is 0 Å². The number of nitrogens with zero attached hydrogens (tertiary/aromatic N) is 2. The van der Waals surface area contributed by atoms with Crippen LogP contribution < -0.4 is 0 Å². The molecule has 1 aromatic rings. The molecule has 1 fully saturated rings. The first-order valence-corrected chi connectivity index (χ1v) is 8.83. The monoisotopic (exact) mass is 359 g/mol. The van der Waals surface area contributed by atoms with Crippen molar-refractivity contribution in [1.82, 2.24) is 15.1 Å². The fourth-order valence-electron chi connectivity index (χ4n) is 3.53. The molecule has 1 saturated heterocycles. The molecule has 1 amide bonds. The van der Waals surface area contributed by atoms with E-state index in [0.29, 0.717) is 6.42 Å². The zero-order chi connectivity index (χ0) is 18.1. The number of alkyl halides is 3. The predicted molar refractivity (Wildman–Crippen MR) is 85.2 cm³/mol. The third-order valence-electron chi connectivity index (χ3n) is 5.31. The molecule has 1 atom stereocenters. The summed E-state index contributed by atoms with van der Waals surface area (Å²) in [5.41, 5.74) is 1.14. The largest absolute Gasteiger partial charge is 0.417 e. The van der Waals surface area contributed by atoms with E-state index in [1.165, 1.54) is 10.5 Å². The Kier molecular flexibility index (Phi) is 5.09. The van der Waals surface area contributed by atoms with Gasteiger partial charge in [0.15, 0.2) is 5.60 Å². The van der Waals surface area contributed by atoms with E-state index in [4.69, 9.17) is 4.74 Å². The van der Waals surface area contributed by atoms with Gasteiger partial charge >= 0.3 is 6.18 Å². The first kappa shape index (κ1) is 18.2. The molecule has 1 unspecified atom stereocenters. The fourth-order valence-corrected chi connectivity index (χ4v) is 3.53. The summed E-state index contributed by atoms with van der Waals surface area (Å²) in [6.45, 7) is 1.22. The minimum atomic E-state index is -4.43. The summed E-state index contributed by atoms with van der Waals surface area (Å²) in [6.07, 6.45) is 0.387. The zero-order valence-electron chi connectivity index (χ0n) is 14.4. The van der Waals surface area contributed by atoms with E-state index in [-0.39, 0.29) is 38.4 Å². The van der Waals surface area contributed by atoms with Crippen LogP contribution in [0.2, 0.25) is 0 Å². The van der Waals surface area contributed by atoms with Gasteiger partial charge < -0.3 is 9.64 Å². The van der Waals surface area contributed by atoms with Crippen molar-refractivity contribution in [3.8, 4) is 0 Å². The lowest BCUT2D eigenvalue weighted by atomic mass is 9.94. The molecule has 2 heterocycles. The maximum absolute atomic E-state index is 13.1. The standard InChI is InChI=1S/C17H24F3N3O2/c1-16(17(18,19)20)8-9-23(10-11-25-16)15(24)7-6-14-12-4-2-3-5-13(12)21-22-14/h2-11H2,1H3,(H,21,22). The number of hydrogen-bond acceptors (Lipinski definition) is 3. The van der Waals surface area contributed by atoms with Gasteiger partial charge in [-0.3, -0.25) is 9.89 Å². The van der Waals surface area contributed by atoms with Crippen LogP contribution in [0.25, 0.3) is 0 Å². The lowest BCUT2D eigenvalue weighted by Gasteiger charge is -2.30. The number of rotatable bonds is 3. The predicted octanol–water partition coefficient (Wildman–Crippen LogP) is 2.79. The number of aromatic amines is 1. The molecule has 1 aromatic heterocycles. The summed E-state index contributed by atoms with van der Waals surface area (Å²) in [5, 5.41) is 7.37. The van der Waals surface area contributed by atoms with E-state index >= 15 is 0 Å². The molecular formula is C17H24F3N3O2. The van der Waals surface area contributed by atoms with Crippen LogP contribution in [0, 0.1) is 0 Å². The van der Waals surface area contributed by atoms with Crippen molar-refractivity contribution in [3.63, 3.8) is 0 Å². The molecule has 1 N–H and O–H groups in total. The van der Waals surface area contributed by atoms with Crippen LogP contribution in [0.1, 0.15) is 49.6 Å². The summed E-state index contributed by atoms with van der Waals surface area (Å²) in [6, 6.07) is 0. The molecule has 2 aliphatic rings. The highest BCUT2D eigenvalue weighted by molar-refractivity contribution is 5.76. The number of ether oxygens (including phenoxy) is 1. The molecule has 0 radical (unpaired) electrons. The van der Waals surface area contributed by atoms with Crippen LogP contribution >= 0.6 is 0 Å². The Labute approximate surface area is 144 Å². The van der Waals surface area contributed by atoms with E-state index < -0.39 is 11.8 Å². The molecular weight excluding hydrogens is 335 g/mol. The van der Waals surface area contributed by atoms with Gasteiger partial charge in [-0.2, -0.15) is 18.3 Å². The highest BCUT2D eigenvalue weighted by Gasteiger charge is 2.53. The Morgan fingerprint density at radius 2 is 2.08 bits per heavy atom. The number of carbonyl (C=O) groups excluding carboxylic acids is 1. The van der Waals surface area contributed by atoms with Gasteiger partial charge in [0.1, 0.15) is 0 Å². The van der Waals surface area contributed by atoms with Gasteiger partial charge in [0.05, 0.1) is 12.3 Å². The van der Waals surface area contributed by atoms with E-state index in [1.807, 2.05) is 0 Å². The number of carbonyl (C=O) groups is 1. The van der Waals surface area contributed by atoms with Crippen molar-refractivity contribution in [1.29, 1.82) is 0 Å². The molecule has 0 bridgehead atoms. The third kappa shape index (κ3) is 3.83. The maximum atomic E-state index is 13.1. The summed E-state index contributed by atoms with van der Waals surface area (Å²) in [4.78, 5) is 13.9. The van der Waals surface area contributed by atoms with E-state index in [9.17, 15) is 18.0 Å². The highest BCUT2D eigenvalue weighted by Crippen LogP contribution is 2.37. The molecule has 3 rings (SSSR count). The van der Waals surface area contributed by atoms with Gasteiger partial charge in [0.25, 0.3) is 0 Å². The summed E-state index contributed by atoms with van der Waals surface area (Å²) in [5.74, 6) is -0.136. The summed E-state index contributed by atoms with van der Waals surface area (Å²) >= 11 is 0. The van der Waals surface area contributed by atoms with E-state index in [1.54, 1.807) is 0 Å². The molecule has 0 saturated carbocycles. The molecule has 1 aliphatic heterocycles. The van der Waals surface area contributed by atoms with E-state index in [2.05, 4.69) is 10.2 Å². The van der Waals surface area contributed by atoms with Crippen molar-refractivity contribution < 1.29 is 22.7 Å². The van der Waals surface area contributed by atoms with Crippen molar-refractivity contribution in [2.75, 3.05) is 19.7 Å². The quantitative estimate of drug-likeness (QED) is 0.903. The van der Waals surface area contributed by atoms with Crippen LogP contribution in [-0.4, -0.2) is 52.5 Å². The molecule has 1 aliphatic carbocycles. The fraction of sp³-hybridized carbons (Fsp3) is 0.765. The number of aromatic nitrogens is 2.